The maximum atomic E-state index is 13.3. The van der Waals surface area contributed by atoms with Gasteiger partial charge in [-0.25, -0.2) is 0 Å². The second-order valence-corrected chi connectivity index (χ2v) is 9.56. The van der Waals surface area contributed by atoms with Crippen molar-refractivity contribution in [1.82, 2.24) is 19.6 Å². The molecule has 2 aromatic rings. The van der Waals surface area contributed by atoms with Crippen LogP contribution >= 0.6 is 0 Å². The minimum absolute atomic E-state index is 0.0106. The van der Waals surface area contributed by atoms with Gasteiger partial charge in [0.15, 0.2) is 0 Å². The van der Waals surface area contributed by atoms with Crippen molar-refractivity contribution < 1.29 is 14.3 Å². The predicted octanol–water partition coefficient (Wildman–Crippen LogP) is 3.71. The number of amides is 2. The molecule has 4 rings (SSSR count). The molecule has 1 aliphatic heterocycles. The summed E-state index contributed by atoms with van der Waals surface area (Å²) < 4.78 is 7.07. The van der Waals surface area contributed by atoms with E-state index < -0.39 is 0 Å². The third-order valence-electron chi connectivity index (χ3n) is 7.34. The van der Waals surface area contributed by atoms with Crippen molar-refractivity contribution in [3.63, 3.8) is 0 Å². The van der Waals surface area contributed by atoms with Crippen LogP contribution in [0.3, 0.4) is 0 Å². The quantitative estimate of drug-likeness (QED) is 0.586. The number of benzene rings is 1. The number of hydrogen-bond donors (Lipinski definition) is 0. The molecule has 182 valence electrons. The average molecular weight is 465 g/mol. The third-order valence-corrected chi connectivity index (χ3v) is 7.34. The number of likely N-dealkylation sites (N-methyl/N-ethyl adjacent to an activating group) is 1. The first-order valence-electron chi connectivity index (χ1n) is 12.3. The lowest BCUT2D eigenvalue weighted by Gasteiger charge is -2.41. The van der Waals surface area contributed by atoms with Gasteiger partial charge in [-0.3, -0.25) is 14.3 Å². The number of carbonyl (C=O) groups excluding carboxylic acids is 2. The Balaban J connectivity index is 1.49. The lowest BCUT2D eigenvalue weighted by atomic mass is 9.84. The lowest BCUT2D eigenvalue weighted by molar-refractivity contribution is -0.137. The number of piperidine rings is 1. The van der Waals surface area contributed by atoms with Crippen molar-refractivity contribution >= 4 is 11.8 Å². The highest BCUT2D eigenvalue weighted by atomic mass is 16.5. The summed E-state index contributed by atoms with van der Waals surface area (Å²) in [6, 6.07) is 9.83. The molecule has 2 amide bonds. The smallest absolute Gasteiger partial charge is 0.274 e. The number of rotatable bonds is 7. The first-order valence-corrected chi connectivity index (χ1v) is 12.3. The molecule has 1 aromatic carbocycles. The van der Waals surface area contributed by atoms with Gasteiger partial charge in [-0.2, -0.15) is 5.10 Å². The molecule has 7 nitrogen and oxygen atoms in total. The molecule has 0 bridgehead atoms. The number of allylic oxidation sites excluding steroid dienone is 2. The van der Waals surface area contributed by atoms with Gasteiger partial charge in [-0.05, 0) is 68.2 Å². The summed E-state index contributed by atoms with van der Waals surface area (Å²) in [7, 11) is 5.37. The molecular formula is C27H36N4O3. The molecule has 1 saturated heterocycles. The second kappa shape index (κ2) is 10.9. The first-order chi connectivity index (χ1) is 16.5. The van der Waals surface area contributed by atoms with Crippen LogP contribution in [0.2, 0.25) is 0 Å². The van der Waals surface area contributed by atoms with Gasteiger partial charge in [0.25, 0.3) is 5.91 Å². The zero-order valence-corrected chi connectivity index (χ0v) is 20.5. The van der Waals surface area contributed by atoms with Gasteiger partial charge in [0.2, 0.25) is 5.91 Å². The van der Waals surface area contributed by atoms with Crippen LogP contribution in [0.15, 0.2) is 48.7 Å². The Bertz CT molecular complexity index is 1020. The van der Waals surface area contributed by atoms with E-state index in [1.807, 2.05) is 42.1 Å². The highest BCUT2D eigenvalue weighted by Gasteiger charge is 2.35. The topological polar surface area (TPSA) is 67.7 Å². The predicted molar refractivity (Wildman–Crippen MR) is 132 cm³/mol. The van der Waals surface area contributed by atoms with E-state index in [1.54, 1.807) is 24.1 Å². The lowest BCUT2D eigenvalue weighted by Crippen LogP contribution is -2.49. The molecule has 2 atom stereocenters. The SMILES string of the molecule is COc1cccc(C[C@H](C2CCN(C(=O)[C@H]3CC=CCC3)CC2)N(C)C(=O)c2ccn(C)n2)c1. The van der Waals surface area contributed by atoms with Crippen LogP contribution in [0.1, 0.15) is 48.2 Å². The normalized spacial score (nSPS) is 19.6. The van der Waals surface area contributed by atoms with Crippen molar-refractivity contribution in [3.8, 4) is 5.75 Å². The van der Waals surface area contributed by atoms with Gasteiger partial charge in [-0.1, -0.05) is 24.3 Å². The number of hydrogen-bond acceptors (Lipinski definition) is 4. The van der Waals surface area contributed by atoms with Gasteiger partial charge < -0.3 is 14.5 Å². The standard InChI is InChI=1S/C27H36N4O3/c1-29-15-14-24(28-29)27(33)30(2)25(19-20-8-7-11-23(18-20)34-3)21-12-16-31(17-13-21)26(32)22-9-5-4-6-10-22/h4-5,7-8,11,14-15,18,21-22,25H,6,9-10,12-13,16-17,19H2,1-3H3/t22-,25+/m0/s1. The van der Waals surface area contributed by atoms with E-state index in [0.717, 1.165) is 62.9 Å². The molecule has 0 unspecified atom stereocenters. The van der Waals surface area contributed by atoms with Crippen LogP contribution in [-0.2, 0) is 18.3 Å². The van der Waals surface area contributed by atoms with Crippen LogP contribution in [0.25, 0.3) is 0 Å². The highest BCUT2D eigenvalue weighted by molar-refractivity contribution is 5.92. The minimum Gasteiger partial charge on any atom is -0.497 e. The largest absolute Gasteiger partial charge is 0.497 e. The fourth-order valence-corrected chi connectivity index (χ4v) is 5.30. The van der Waals surface area contributed by atoms with E-state index >= 15 is 0 Å². The number of likely N-dealkylation sites (tertiary alicyclic amines) is 1. The van der Waals surface area contributed by atoms with Crippen molar-refractivity contribution in [2.75, 3.05) is 27.2 Å². The number of aromatic nitrogens is 2. The molecule has 1 fully saturated rings. The summed E-state index contributed by atoms with van der Waals surface area (Å²) in [4.78, 5) is 30.2. The summed E-state index contributed by atoms with van der Waals surface area (Å²) in [5.74, 6) is 1.48. The fraction of sp³-hybridized carbons (Fsp3) is 0.519. The van der Waals surface area contributed by atoms with Gasteiger partial charge >= 0.3 is 0 Å². The van der Waals surface area contributed by atoms with Crippen LogP contribution in [-0.4, -0.2) is 64.7 Å². The maximum absolute atomic E-state index is 13.3. The minimum atomic E-state index is -0.0685. The first kappa shape index (κ1) is 24.0. The van der Waals surface area contributed by atoms with Crippen LogP contribution in [0.4, 0.5) is 0 Å². The van der Waals surface area contributed by atoms with E-state index in [0.29, 0.717) is 17.5 Å². The van der Waals surface area contributed by atoms with E-state index in [2.05, 4.69) is 23.3 Å². The molecule has 1 aliphatic carbocycles. The Morgan fingerprint density at radius 3 is 2.62 bits per heavy atom. The molecular weight excluding hydrogens is 428 g/mol. The summed E-state index contributed by atoms with van der Waals surface area (Å²) in [6.07, 6.45) is 11.4. The third kappa shape index (κ3) is 5.51. The summed E-state index contributed by atoms with van der Waals surface area (Å²) in [5, 5.41) is 4.33. The van der Waals surface area contributed by atoms with Crippen LogP contribution in [0, 0.1) is 11.8 Å². The molecule has 1 aromatic heterocycles. The number of ether oxygens (including phenoxy) is 1. The van der Waals surface area contributed by atoms with Crippen LogP contribution in [0.5, 0.6) is 5.75 Å². The Labute approximate surface area is 202 Å². The Hall–Kier alpha value is -3.09. The van der Waals surface area contributed by atoms with Crippen molar-refractivity contribution in [2.45, 2.75) is 44.6 Å². The van der Waals surface area contributed by atoms with Crippen LogP contribution < -0.4 is 4.74 Å². The molecule has 0 radical (unpaired) electrons. The average Bonchev–Trinajstić information content (AvgIpc) is 3.33. The fourth-order valence-electron chi connectivity index (χ4n) is 5.30. The Morgan fingerprint density at radius 2 is 1.97 bits per heavy atom. The van der Waals surface area contributed by atoms with Crippen molar-refractivity contribution in [3.05, 3.63) is 59.9 Å². The zero-order valence-electron chi connectivity index (χ0n) is 20.5. The van der Waals surface area contributed by atoms with Gasteiger partial charge in [0.05, 0.1) is 7.11 Å². The van der Waals surface area contributed by atoms with E-state index in [-0.39, 0.29) is 17.9 Å². The van der Waals surface area contributed by atoms with E-state index in [1.165, 1.54) is 0 Å². The molecule has 0 spiro atoms. The Morgan fingerprint density at radius 1 is 1.18 bits per heavy atom. The molecule has 0 saturated carbocycles. The van der Waals surface area contributed by atoms with Gasteiger partial charge in [0.1, 0.15) is 11.4 Å². The zero-order chi connectivity index (χ0) is 24.1. The molecule has 34 heavy (non-hydrogen) atoms. The van der Waals surface area contributed by atoms with Gasteiger partial charge in [-0.15, -0.1) is 0 Å². The summed E-state index contributed by atoms with van der Waals surface area (Å²) >= 11 is 0. The second-order valence-electron chi connectivity index (χ2n) is 9.56. The molecule has 7 heteroatoms. The van der Waals surface area contributed by atoms with Crippen molar-refractivity contribution in [1.29, 1.82) is 0 Å². The molecule has 0 N–H and O–H groups in total. The number of methoxy groups -OCH3 is 1. The summed E-state index contributed by atoms with van der Waals surface area (Å²) in [6.45, 7) is 1.51. The molecule has 2 heterocycles. The molecule has 2 aliphatic rings. The van der Waals surface area contributed by atoms with Gasteiger partial charge in [0, 0.05) is 45.3 Å². The van der Waals surface area contributed by atoms with E-state index in [9.17, 15) is 9.59 Å². The number of carbonyl (C=O) groups is 2. The summed E-state index contributed by atoms with van der Waals surface area (Å²) in [5.41, 5.74) is 1.59. The van der Waals surface area contributed by atoms with E-state index in [4.69, 9.17) is 4.74 Å². The monoisotopic (exact) mass is 464 g/mol. The highest BCUT2D eigenvalue weighted by Crippen LogP contribution is 2.30. The maximum Gasteiger partial charge on any atom is 0.274 e. The number of nitrogens with zero attached hydrogens (tertiary/aromatic N) is 4. The number of aryl methyl sites for hydroxylation is 1. The Kier molecular flexibility index (Phi) is 7.70. The van der Waals surface area contributed by atoms with Crippen molar-refractivity contribution in [2.24, 2.45) is 18.9 Å².